The highest BCUT2D eigenvalue weighted by Crippen LogP contribution is 2.34. The summed E-state index contributed by atoms with van der Waals surface area (Å²) in [5.41, 5.74) is 10.1. The maximum absolute atomic E-state index is 13.4. The van der Waals surface area contributed by atoms with Crippen molar-refractivity contribution in [3.8, 4) is 22.6 Å². The summed E-state index contributed by atoms with van der Waals surface area (Å²) in [6.45, 7) is 9.49. The minimum absolute atomic E-state index is 0.260. The Kier molecular flexibility index (Phi) is 11.4. The molecule has 10 nitrogen and oxygen atoms in total. The van der Waals surface area contributed by atoms with Crippen LogP contribution < -0.4 is 14.8 Å². The highest BCUT2D eigenvalue weighted by atomic mass is 16.5. The Morgan fingerprint density at radius 2 is 1.60 bits per heavy atom. The molecule has 4 aromatic rings. The first-order chi connectivity index (χ1) is 25.1. The highest BCUT2D eigenvalue weighted by molar-refractivity contribution is 6.04. The van der Waals surface area contributed by atoms with Gasteiger partial charge in [-0.05, 0) is 97.7 Å². The van der Waals surface area contributed by atoms with E-state index in [-0.39, 0.29) is 17.7 Å². The number of carboxylic acid groups (broad SMARTS) is 1. The minimum Gasteiger partial charge on any atom is -0.496 e. The number of anilines is 1. The van der Waals surface area contributed by atoms with E-state index in [1.54, 1.807) is 26.5 Å². The number of hydrogen-bond acceptors (Lipinski definition) is 8. The Morgan fingerprint density at radius 3 is 2.31 bits per heavy atom. The molecule has 3 heterocycles. The molecule has 1 amide bonds. The fraction of sp³-hybridized carbons (Fsp3) is 0.357. The fourth-order valence-corrected chi connectivity index (χ4v) is 7.42. The topological polar surface area (TPSA) is 124 Å². The van der Waals surface area contributed by atoms with Gasteiger partial charge in [0, 0.05) is 55.3 Å². The van der Waals surface area contributed by atoms with Gasteiger partial charge in [-0.25, -0.2) is 0 Å². The SMILES string of the molecule is COc1cc(C(=O)Nc2cccc(-c3cccc(/C=C/c4cc(OC)c(CN5CCC[C@H]5C(=O)O)cc4C)c3C)c2C)ncc1CN1CC[C@@H](O)C1. The van der Waals surface area contributed by atoms with Crippen LogP contribution in [0.2, 0.25) is 0 Å². The molecular weight excluding hydrogens is 656 g/mol. The second kappa shape index (κ2) is 16.1. The predicted molar refractivity (Wildman–Crippen MR) is 204 cm³/mol. The van der Waals surface area contributed by atoms with E-state index in [0.717, 1.165) is 81.8 Å². The molecule has 272 valence electrons. The standard InChI is InChI=1S/C42H48N4O6/c1-26-19-31(24-46-17-8-13-38(46)42(49)50)39(51-4)20-30(26)15-14-29-9-6-10-34(27(29)2)35-11-7-12-36(28(35)3)44-41(48)37-21-40(52-5)32(22-43-37)23-45-18-16-33(47)25-45/h6-7,9-12,14-15,19-22,33,38,47H,8,13,16-18,23-25H2,1-5H3,(H,44,48)(H,49,50)/b15-14+/t33-,38+/m1/s1. The monoisotopic (exact) mass is 704 g/mol. The molecule has 2 aliphatic heterocycles. The number of β-amino-alcohol motifs (C(OH)–C–C–N with tert-alkyl or cyclic N) is 1. The van der Waals surface area contributed by atoms with Crippen molar-refractivity contribution in [1.82, 2.24) is 14.8 Å². The van der Waals surface area contributed by atoms with E-state index >= 15 is 0 Å². The lowest BCUT2D eigenvalue weighted by molar-refractivity contribution is -0.142. The van der Waals surface area contributed by atoms with Crippen LogP contribution in [0.1, 0.15) is 68.7 Å². The van der Waals surface area contributed by atoms with Gasteiger partial charge in [0.2, 0.25) is 0 Å². The summed E-state index contributed by atoms with van der Waals surface area (Å²) in [6.07, 6.45) is 7.86. The molecule has 2 aliphatic rings. The summed E-state index contributed by atoms with van der Waals surface area (Å²) in [5.74, 6) is 0.240. The molecule has 3 aromatic carbocycles. The molecular formula is C42H48N4O6. The number of aryl methyl sites for hydroxylation is 1. The number of hydrogen-bond donors (Lipinski definition) is 3. The zero-order valence-corrected chi connectivity index (χ0v) is 30.6. The quantitative estimate of drug-likeness (QED) is 0.138. The Morgan fingerprint density at radius 1 is 0.885 bits per heavy atom. The number of nitrogens with zero attached hydrogens (tertiary/aromatic N) is 3. The Balaban J connectivity index is 1.19. The molecule has 6 rings (SSSR count). The molecule has 3 N–H and O–H groups in total. The molecule has 52 heavy (non-hydrogen) atoms. The number of ether oxygens (including phenoxy) is 2. The maximum Gasteiger partial charge on any atom is 0.320 e. The molecule has 0 unspecified atom stereocenters. The van der Waals surface area contributed by atoms with Gasteiger partial charge in [-0.15, -0.1) is 0 Å². The molecule has 10 heteroatoms. The van der Waals surface area contributed by atoms with Gasteiger partial charge in [0.05, 0.1) is 20.3 Å². The van der Waals surface area contributed by atoms with Crippen LogP contribution in [0.4, 0.5) is 5.69 Å². The zero-order chi connectivity index (χ0) is 36.9. The molecule has 0 aliphatic carbocycles. The van der Waals surface area contributed by atoms with Crippen molar-refractivity contribution in [2.45, 2.75) is 65.3 Å². The van der Waals surface area contributed by atoms with E-state index in [1.165, 1.54) is 0 Å². The van der Waals surface area contributed by atoms with E-state index in [1.807, 2.05) is 36.1 Å². The van der Waals surface area contributed by atoms with Crippen LogP contribution in [0.5, 0.6) is 11.5 Å². The van der Waals surface area contributed by atoms with Gasteiger partial charge in [-0.2, -0.15) is 0 Å². The average molecular weight is 705 g/mol. The van der Waals surface area contributed by atoms with Crippen molar-refractivity contribution in [3.63, 3.8) is 0 Å². The first-order valence-corrected chi connectivity index (χ1v) is 17.8. The number of aliphatic hydroxyl groups is 1. The van der Waals surface area contributed by atoms with Crippen LogP contribution in [0.25, 0.3) is 23.3 Å². The largest absolute Gasteiger partial charge is 0.496 e. The molecule has 0 bridgehead atoms. The number of aliphatic hydroxyl groups excluding tert-OH is 1. The lowest BCUT2D eigenvalue weighted by atomic mass is 9.92. The summed E-state index contributed by atoms with van der Waals surface area (Å²) < 4.78 is 11.4. The second-order valence-corrected chi connectivity index (χ2v) is 13.8. The van der Waals surface area contributed by atoms with Crippen molar-refractivity contribution in [3.05, 3.63) is 105 Å². The van der Waals surface area contributed by atoms with Crippen molar-refractivity contribution < 1.29 is 29.3 Å². The van der Waals surface area contributed by atoms with Crippen LogP contribution in [0.3, 0.4) is 0 Å². The number of carbonyl (C=O) groups is 2. The number of carbonyl (C=O) groups excluding carboxylic acids is 1. The van der Waals surface area contributed by atoms with Crippen LogP contribution >= 0.6 is 0 Å². The number of aromatic nitrogens is 1. The third kappa shape index (κ3) is 8.04. The van der Waals surface area contributed by atoms with E-state index in [9.17, 15) is 19.8 Å². The van der Waals surface area contributed by atoms with Crippen LogP contribution in [-0.4, -0.2) is 82.9 Å². The summed E-state index contributed by atoms with van der Waals surface area (Å²) in [7, 11) is 3.24. The van der Waals surface area contributed by atoms with Crippen molar-refractivity contribution in [2.24, 2.45) is 0 Å². The third-order valence-corrected chi connectivity index (χ3v) is 10.4. The van der Waals surface area contributed by atoms with Crippen LogP contribution in [0, 0.1) is 20.8 Å². The Labute approximate surface area is 305 Å². The zero-order valence-electron chi connectivity index (χ0n) is 30.6. The van der Waals surface area contributed by atoms with Gasteiger partial charge in [-0.1, -0.05) is 48.6 Å². The molecule has 0 saturated carbocycles. The second-order valence-electron chi connectivity index (χ2n) is 13.8. The molecule has 0 radical (unpaired) electrons. The Bertz CT molecular complexity index is 1990. The number of aliphatic carboxylic acids is 1. The number of methoxy groups -OCH3 is 2. The lowest BCUT2D eigenvalue weighted by Gasteiger charge is -2.23. The van der Waals surface area contributed by atoms with Crippen LogP contribution in [0.15, 0.2) is 60.8 Å². The van der Waals surface area contributed by atoms with Gasteiger partial charge in [0.15, 0.2) is 0 Å². The summed E-state index contributed by atoms with van der Waals surface area (Å²) in [6, 6.07) is 17.5. The molecule has 2 saturated heterocycles. The number of pyridine rings is 1. The number of likely N-dealkylation sites (tertiary alicyclic amines) is 2. The number of nitrogens with one attached hydrogen (secondary N) is 1. The fourth-order valence-electron chi connectivity index (χ4n) is 7.42. The lowest BCUT2D eigenvalue weighted by Crippen LogP contribution is -2.35. The molecule has 2 atom stereocenters. The molecule has 0 spiro atoms. The van der Waals surface area contributed by atoms with Gasteiger partial charge < -0.3 is 25.0 Å². The van der Waals surface area contributed by atoms with E-state index in [0.29, 0.717) is 37.5 Å². The number of benzene rings is 3. The van der Waals surface area contributed by atoms with Gasteiger partial charge in [0.1, 0.15) is 23.2 Å². The predicted octanol–water partition coefficient (Wildman–Crippen LogP) is 6.73. The molecule has 1 aromatic heterocycles. The summed E-state index contributed by atoms with van der Waals surface area (Å²) in [5, 5.41) is 22.6. The van der Waals surface area contributed by atoms with Crippen molar-refractivity contribution in [2.75, 3.05) is 39.2 Å². The van der Waals surface area contributed by atoms with E-state index < -0.39 is 12.0 Å². The van der Waals surface area contributed by atoms with Crippen molar-refractivity contribution in [1.29, 1.82) is 0 Å². The number of amides is 1. The smallest absolute Gasteiger partial charge is 0.320 e. The van der Waals surface area contributed by atoms with Gasteiger partial charge in [0.25, 0.3) is 5.91 Å². The Hall–Kier alpha value is -5.03. The highest BCUT2D eigenvalue weighted by Gasteiger charge is 2.31. The van der Waals surface area contributed by atoms with Gasteiger partial charge >= 0.3 is 5.97 Å². The van der Waals surface area contributed by atoms with E-state index in [2.05, 4.69) is 65.5 Å². The summed E-state index contributed by atoms with van der Waals surface area (Å²) in [4.78, 5) is 33.8. The minimum atomic E-state index is -0.770. The average Bonchev–Trinajstić information content (AvgIpc) is 3.78. The number of carboxylic acids is 1. The van der Waals surface area contributed by atoms with Gasteiger partial charge in [-0.3, -0.25) is 24.4 Å². The molecule has 2 fully saturated rings. The third-order valence-electron chi connectivity index (χ3n) is 10.4. The van der Waals surface area contributed by atoms with E-state index in [4.69, 9.17) is 9.47 Å². The van der Waals surface area contributed by atoms with Crippen LogP contribution in [-0.2, 0) is 17.9 Å². The number of rotatable bonds is 12. The van der Waals surface area contributed by atoms with Crippen molar-refractivity contribution >= 4 is 29.7 Å². The summed E-state index contributed by atoms with van der Waals surface area (Å²) >= 11 is 0. The first-order valence-electron chi connectivity index (χ1n) is 17.8. The maximum atomic E-state index is 13.4. The first kappa shape index (κ1) is 36.8. The normalized spacial score (nSPS) is 17.9.